The molecule has 0 saturated heterocycles. The first-order chi connectivity index (χ1) is 9.63. The molecule has 0 aliphatic carbocycles. The molecule has 1 aliphatic rings. The Labute approximate surface area is 120 Å². The van der Waals surface area contributed by atoms with Crippen molar-refractivity contribution in [3.8, 4) is 0 Å². The summed E-state index contributed by atoms with van der Waals surface area (Å²) < 4.78 is 14.0. The van der Waals surface area contributed by atoms with E-state index in [4.69, 9.17) is 0 Å². The van der Waals surface area contributed by atoms with Crippen molar-refractivity contribution >= 4 is 22.9 Å². The van der Waals surface area contributed by atoms with Crippen molar-refractivity contribution in [2.45, 2.75) is 25.4 Å². The number of aliphatic hydroxyl groups excluding tert-OH is 1. The van der Waals surface area contributed by atoms with E-state index in [0.29, 0.717) is 24.8 Å². The summed E-state index contributed by atoms with van der Waals surface area (Å²) in [5.74, 6) is -0.640. The van der Waals surface area contributed by atoms with Crippen molar-refractivity contribution in [1.29, 1.82) is 0 Å². The second kappa shape index (κ2) is 5.34. The van der Waals surface area contributed by atoms with Crippen LogP contribution in [0.2, 0.25) is 0 Å². The largest absolute Gasteiger partial charge is 0.388 e. The van der Waals surface area contributed by atoms with E-state index in [9.17, 15) is 14.3 Å². The zero-order valence-corrected chi connectivity index (χ0v) is 11.5. The van der Waals surface area contributed by atoms with Gasteiger partial charge in [0.25, 0.3) is 0 Å². The van der Waals surface area contributed by atoms with E-state index in [1.165, 1.54) is 6.07 Å². The summed E-state index contributed by atoms with van der Waals surface area (Å²) >= 11 is 1.57. The van der Waals surface area contributed by atoms with Crippen molar-refractivity contribution in [3.05, 3.63) is 51.5 Å². The SMILES string of the molecule is O=C1CCc2cc(C(O)Cc3cccs3)cc(F)c2N1. The minimum atomic E-state index is -0.730. The standard InChI is InChI=1S/C15H14FNO2S/c16-12-7-10(13(18)8-11-2-1-5-20-11)6-9-3-4-14(19)17-15(9)12/h1-2,5-7,13,18H,3-4,8H2,(H,17,19). The second-order valence-corrected chi connectivity index (χ2v) is 5.92. The van der Waals surface area contributed by atoms with Gasteiger partial charge in [0.15, 0.2) is 0 Å². The van der Waals surface area contributed by atoms with Crippen LogP contribution in [0.5, 0.6) is 0 Å². The molecule has 2 N–H and O–H groups in total. The average Bonchev–Trinajstić information content (AvgIpc) is 2.92. The van der Waals surface area contributed by atoms with Crippen molar-refractivity contribution in [3.63, 3.8) is 0 Å². The van der Waals surface area contributed by atoms with Gasteiger partial charge in [0, 0.05) is 17.7 Å². The molecule has 0 radical (unpaired) electrons. The number of thiophene rings is 1. The number of aliphatic hydroxyl groups is 1. The molecular weight excluding hydrogens is 277 g/mol. The first kappa shape index (κ1) is 13.3. The van der Waals surface area contributed by atoms with Crippen molar-refractivity contribution < 1.29 is 14.3 Å². The van der Waals surface area contributed by atoms with Gasteiger partial charge >= 0.3 is 0 Å². The zero-order valence-electron chi connectivity index (χ0n) is 10.7. The monoisotopic (exact) mass is 291 g/mol. The van der Waals surface area contributed by atoms with Crippen molar-refractivity contribution in [2.75, 3.05) is 5.32 Å². The first-order valence-electron chi connectivity index (χ1n) is 6.46. The highest BCUT2D eigenvalue weighted by Crippen LogP contribution is 2.30. The molecule has 0 fully saturated rings. The van der Waals surface area contributed by atoms with Crippen LogP contribution in [0.15, 0.2) is 29.6 Å². The minimum absolute atomic E-state index is 0.164. The molecule has 0 bridgehead atoms. The first-order valence-corrected chi connectivity index (χ1v) is 7.34. The molecule has 1 amide bonds. The summed E-state index contributed by atoms with van der Waals surface area (Å²) in [6.45, 7) is 0. The number of hydrogen-bond acceptors (Lipinski definition) is 3. The second-order valence-electron chi connectivity index (χ2n) is 4.88. The lowest BCUT2D eigenvalue weighted by Crippen LogP contribution is -2.20. The Balaban J connectivity index is 1.87. The van der Waals surface area contributed by atoms with E-state index in [1.807, 2.05) is 17.5 Å². The van der Waals surface area contributed by atoms with Gasteiger partial charge in [-0.15, -0.1) is 11.3 Å². The predicted octanol–water partition coefficient (Wildman–Crippen LogP) is 3.05. The van der Waals surface area contributed by atoms with Gasteiger partial charge in [-0.25, -0.2) is 4.39 Å². The van der Waals surface area contributed by atoms with Crippen LogP contribution in [0.25, 0.3) is 0 Å². The zero-order chi connectivity index (χ0) is 14.1. The molecule has 104 valence electrons. The fourth-order valence-corrected chi connectivity index (χ4v) is 3.15. The summed E-state index contributed by atoms with van der Waals surface area (Å²) in [5.41, 5.74) is 1.57. The third-order valence-corrected chi connectivity index (χ3v) is 4.34. The number of fused-ring (bicyclic) bond motifs is 1. The van der Waals surface area contributed by atoms with Gasteiger partial charge < -0.3 is 10.4 Å². The van der Waals surface area contributed by atoms with Crippen LogP contribution in [-0.4, -0.2) is 11.0 Å². The van der Waals surface area contributed by atoms with Crippen LogP contribution in [-0.2, 0) is 17.6 Å². The van der Waals surface area contributed by atoms with E-state index in [0.717, 1.165) is 10.4 Å². The summed E-state index contributed by atoms with van der Waals surface area (Å²) in [5, 5.41) is 14.7. The van der Waals surface area contributed by atoms with E-state index in [2.05, 4.69) is 5.32 Å². The smallest absolute Gasteiger partial charge is 0.224 e. The molecule has 2 heterocycles. The molecule has 1 aromatic heterocycles. The molecular formula is C15H14FNO2S. The van der Waals surface area contributed by atoms with Gasteiger partial charge in [-0.05, 0) is 35.1 Å². The third-order valence-electron chi connectivity index (χ3n) is 3.44. The Hall–Kier alpha value is -1.72. The molecule has 3 nitrogen and oxygen atoms in total. The fourth-order valence-electron chi connectivity index (χ4n) is 2.40. The van der Waals surface area contributed by atoms with Crippen LogP contribution in [0.3, 0.4) is 0 Å². The quantitative estimate of drug-likeness (QED) is 0.913. The number of halogens is 1. The number of carbonyl (C=O) groups excluding carboxylic acids is 1. The molecule has 0 saturated carbocycles. The third kappa shape index (κ3) is 2.59. The normalized spacial score (nSPS) is 15.6. The summed E-state index contributed by atoms with van der Waals surface area (Å²) in [6.07, 6.45) is 0.614. The lowest BCUT2D eigenvalue weighted by Gasteiger charge is -2.20. The number of aryl methyl sites for hydroxylation is 1. The maximum Gasteiger partial charge on any atom is 0.224 e. The van der Waals surface area contributed by atoms with Crippen LogP contribution >= 0.6 is 11.3 Å². The molecule has 1 unspecified atom stereocenters. The van der Waals surface area contributed by atoms with E-state index in [1.54, 1.807) is 17.4 Å². The summed E-state index contributed by atoms with van der Waals surface area (Å²) in [7, 11) is 0. The lowest BCUT2D eigenvalue weighted by molar-refractivity contribution is -0.116. The minimum Gasteiger partial charge on any atom is -0.388 e. The predicted molar refractivity (Wildman–Crippen MR) is 76.3 cm³/mol. The fraction of sp³-hybridized carbons (Fsp3) is 0.267. The Bertz CT molecular complexity index is 640. The number of rotatable bonds is 3. The molecule has 1 aromatic carbocycles. The number of nitrogens with one attached hydrogen (secondary N) is 1. The van der Waals surface area contributed by atoms with E-state index < -0.39 is 11.9 Å². The van der Waals surface area contributed by atoms with Crippen LogP contribution in [0, 0.1) is 5.82 Å². The number of carbonyl (C=O) groups is 1. The lowest BCUT2D eigenvalue weighted by atomic mass is 9.96. The van der Waals surface area contributed by atoms with Gasteiger partial charge in [0.1, 0.15) is 5.82 Å². The average molecular weight is 291 g/mol. The number of amides is 1. The maximum absolute atomic E-state index is 14.0. The number of hydrogen-bond donors (Lipinski definition) is 2. The Morgan fingerprint density at radius 2 is 2.25 bits per heavy atom. The van der Waals surface area contributed by atoms with Gasteiger partial charge in [-0.2, -0.15) is 0 Å². The Morgan fingerprint density at radius 3 is 3.00 bits per heavy atom. The highest BCUT2D eigenvalue weighted by atomic mass is 32.1. The number of benzene rings is 1. The highest BCUT2D eigenvalue weighted by molar-refractivity contribution is 7.09. The molecule has 3 rings (SSSR count). The molecule has 2 aromatic rings. The van der Waals surface area contributed by atoms with Gasteiger partial charge in [-0.3, -0.25) is 4.79 Å². The maximum atomic E-state index is 14.0. The van der Waals surface area contributed by atoms with Crippen molar-refractivity contribution in [2.24, 2.45) is 0 Å². The van der Waals surface area contributed by atoms with Crippen molar-refractivity contribution in [1.82, 2.24) is 0 Å². The van der Waals surface area contributed by atoms with Gasteiger partial charge in [-0.1, -0.05) is 12.1 Å². The van der Waals surface area contributed by atoms with Gasteiger partial charge in [0.05, 0.1) is 11.8 Å². The molecule has 5 heteroatoms. The summed E-state index contributed by atoms with van der Waals surface area (Å²) in [6, 6.07) is 6.97. The molecule has 0 spiro atoms. The van der Waals surface area contributed by atoms with E-state index in [-0.39, 0.29) is 11.6 Å². The topological polar surface area (TPSA) is 49.3 Å². The van der Waals surface area contributed by atoms with E-state index >= 15 is 0 Å². The van der Waals surface area contributed by atoms with Crippen LogP contribution in [0.1, 0.15) is 28.5 Å². The summed E-state index contributed by atoms with van der Waals surface area (Å²) in [4.78, 5) is 12.3. The molecule has 1 atom stereocenters. The Kier molecular flexibility index (Phi) is 3.54. The molecule has 1 aliphatic heterocycles. The number of anilines is 1. The van der Waals surface area contributed by atoms with Crippen LogP contribution < -0.4 is 5.32 Å². The highest BCUT2D eigenvalue weighted by Gasteiger charge is 2.21. The molecule has 20 heavy (non-hydrogen) atoms. The Morgan fingerprint density at radius 1 is 1.40 bits per heavy atom. The van der Waals surface area contributed by atoms with Crippen LogP contribution in [0.4, 0.5) is 10.1 Å². The van der Waals surface area contributed by atoms with Gasteiger partial charge in [0.2, 0.25) is 5.91 Å².